The van der Waals surface area contributed by atoms with Gasteiger partial charge in [0, 0.05) is 36.1 Å². The summed E-state index contributed by atoms with van der Waals surface area (Å²) in [5.41, 5.74) is 4.74. The highest BCUT2D eigenvalue weighted by Gasteiger charge is 2.15. The molecule has 124 valence electrons. The molecule has 1 N–H and O–H groups in total. The molecule has 0 aliphatic heterocycles. The molecule has 0 saturated heterocycles. The quantitative estimate of drug-likeness (QED) is 0.801. The lowest BCUT2D eigenvalue weighted by atomic mass is 10.0. The van der Waals surface area contributed by atoms with Gasteiger partial charge in [-0.05, 0) is 44.9 Å². The summed E-state index contributed by atoms with van der Waals surface area (Å²) < 4.78 is 1.98. The topological polar surface area (TPSA) is 59.8 Å². The number of hydrogen-bond donors (Lipinski definition) is 1. The van der Waals surface area contributed by atoms with Crippen LogP contribution >= 0.6 is 0 Å². The van der Waals surface area contributed by atoms with Gasteiger partial charge in [-0.2, -0.15) is 0 Å². The van der Waals surface area contributed by atoms with Crippen LogP contribution in [0.1, 0.15) is 40.1 Å². The number of aryl methyl sites for hydroxylation is 3. The Bertz CT molecular complexity index is 884. The van der Waals surface area contributed by atoms with Crippen LogP contribution in [0.2, 0.25) is 0 Å². The summed E-state index contributed by atoms with van der Waals surface area (Å²) in [7, 11) is 0. The van der Waals surface area contributed by atoms with Gasteiger partial charge in [-0.25, -0.2) is 4.98 Å². The van der Waals surface area contributed by atoms with E-state index >= 15 is 0 Å². The van der Waals surface area contributed by atoms with Crippen LogP contribution in [0.5, 0.6) is 0 Å². The van der Waals surface area contributed by atoms with Crippen molar-refractivity contribution >= 4 is 16.8 Å². The average molecular weight is 322 g/mol. The Labute approximate surface area is 141 Å². The third kappa shape index (κ3) is 3.02. The molecule has 5 nitrogen and oxygen atoms in total. The number of amides is 1. The first-order valence-electron chi connectivity index (χ1n) is 8.10. The van der Waals surface area contributed by atoms with Gasteiger partial charge in [0.25, 0.3) is 5.91 Å². The van der Waals surface area contributed by atoms with E-state index in [4.69, 9.17) is 0 Å². The molecule has 2 aromatic heterocycles. The second kappa shape index (κ2) is 6.43. The highest BCUT2D eigenvalue weighted by atomic mass is 16.1. The van der Waals surface area contributed by atoms with Crippen LogP contribution in [-0.2, 0) is 0 Å². The van der Waals surface area contributed by atoms with Gasteiger partial charge in [-0.15, -0.1) is 0 Å². The minimum Gasteiger partial charge on any atom is -0.350 e. The Morgan fingerprint density at radius 1 is 1.29 bits per heavy atom. The van der Waals surface area contributed by atoms with Gasteiger partial charge in [0.2, 0.25) is 0 Å². The summed E-state index contributed by atoms with van der Waals surface area (Å²) in [4.78, 5) is 21.4. The van der Waals surface area contributed by atoms with Crippen molar-refractivity contribution < 1.29 is 4.79 Å². The van der Waals surface area contributed by atoms with Crippen molar-refractivity contribution in [2.75, 3.05) is 6.54 Å². The third-order valence-electron chi connectivity index (χ3n) is 4.47. The van der Waals surface area contributed by atoms with E-state index in [1.165, 1.54) is 5.56 Å². The van der Waals surface area contributed by atoms with Crippen LogP contribution in [0.25, 0.3) is 10.9 Å². The van der Waals surface area contributed by atoms with Crippen LogP contribution in [0.15, 0.2) is 36.9 Å². The maximum Gasteiger partial charge on any atom is 0.252 e. The van der Waals surface area contributed by atoms with Crippen molar-refractivity contribution in [3.05, 3.63) is 59.3 Å². The molecule has 0 saturated carbocycles. The third-order valence-corrected chi connectivity index (χ3v) is 4.47. The lowest BCUT2D eigenvalue weighted by Crippen LogP contribution is -2.29. The van der Waals surface area contributed by atoms with E-state index in [1.54, 1.807) is 12.5 Å². The first-order chi connectivity index (χ1) is 11.5. The van der Waals surface area contributed by atoms with Crippen molar-refractivity contribution in [1.82, 2.24) is 19.9 Å². The largest absolute Gasteiger partial charge is 0.350 e. The first kappa shape index (κ1) is 16.2. The molecule has 1 aromatic carbocycles. The van der Waals surface area contributed by atoms with Gasteiger partial charge in [0.1, 0.15) is 0 Å². The Hall–Kier alpha value is -2.69. The number of nitrogens with zero attached hydrogens (tertiary/aromatic N) is 3. The molecule has 0 aliphatic carbocycles. The molecule has 1 amide bonds. The van der Waals surface area contributed by atoms with E-state index in [0.717, 1.165) is 22.2 Å². The molecule has 0 aliphatic rings. The van der Waals surface area contributed by atoms with Crippen LogP contribution in [-0.4, -0.2) is 27.0 Å². The maximum absolute atomic E-state index is 12.7. The monoisotopic (exact) mass is 322 g/mol. The second-order valence-electron chi connectivity index (χ2n) is 6.28. The zero-order valence-corrected chi connectivity index (χ0v) is 14.5. The van der Waals surface area contributed by atoms with E-state index in [9.17, 15) is 4.79 Å². The predicted molar refractivity (Wildman–Crippen MR) is 95.2 cm³/mol. The van der Waals surface area contributed by atoms with Gasteiger partial charge >= 0.3 is 0 Å². The number of carbonyl (C=O) groups is 1. The molecule has 0 radical (unpaired) electrons. The number of benzene rings is 1. The lowest BCUT2D eigenvalue weighted by Gasteiger charge is -2.15. The van der Waals surface area contributed by atoms with Crippen molar-refractivity contribution in [2.24, 2.45) is 0 Å². The highest BCUT2D eigenvalue weighted by molar-refractivity contribution is 6.07. The van der Waals surface area contributed by atoms with E-state index in [0.29, 0.717) is 12.1 Å². The number of fused-ring (bicyclic) bond motifs is 1. The summed E-state index contributed by atoms with van der Waals surface area (Å²) in [6.45, 7) is 8.62. The van der Waals surface area contributed by atoms with Crippen molar-refractivity contribution in [1.29, 1.82) is 0 Å². The van der Waals surface area contributed by atoms with Crippen molar-refractivity contribution in [3.63, 3.8) is 0 Å². The molecule has 0 bridgehead atoms. The Kier molecular flexibility index (Phi) is 4.34. The van der Waals surface area contributed by atoms with Gasteiger partial charge in [0.05, 0.1) is 17.4 Å². The standard InChI is InChI=1S/C19H22N4O/c1-12-5-6-16-17(9-13(2)22-18(16)15(12)4)19(24)21-10-14(3)23-8-7-20-11-23/h5-9,11,14H,10H2,1-4H3,(H,21,24). The summed E-state index contributed by atoms with van der Waals surface area (Å²) >= 11 is 0. The molecule has 0 fully saturated rings. The smallest absolute Gasteiger partial charge is 0.252 e. The molecule has 2 heterocycles. The molecule has 1 atom stereocenters. The van der Waals surface area contributed by atoms with Crippen LogP contribution in [0, 0.1) is 20.8 Å². The van der Waals surface area contributed by atoms with E-state index < -0.39 is 0 Å². The number of nitrogens with one attached hydrogen (secondary N) is 1. The van der Waals surface area contributed by atoms with Gasteiger partial charge in [-0.3, -0.25) is 9.78 Å². The van der Waals surface area contributed by atoms with Gasteiger partial charge in [-0.1, -0.05) is 12.1 Å². The van der Waals surface area contributed by atoms with Crippen molar-refractivity contribution in [3.8, 4) is 0 Å². The fourth-order valence-corrected chi connectivity index (χ4v) is 2.82. The summed E-state index contributed by atoms with van der Waals surface area (Å²) in [5, 5.41) is 3.92. The first-order valence-corrected chi connectivity index (χ1v) is 8.10. The van der Waals surface area contributed by atoms with Gasteiger partial charge < -0.3 is 9.88 Å². The molecule has 1 unspecified atom stereocenters. The summed E-state index contributed by atoms with van der Waals surface area (Å²) in [5.74, 6) is -0.0688. The number of pyridine rings is 1. The Morgan fingerprint density at radius 2 is 2.08 bits per heavy atom. The number of aromatic nitrogens is 3. The lowest BCUT2D eigenvalue weighted by molar-refractivity contribution is 0.0950. The molecule has 0 spiro atoms. The Morgan fingerprint density at radius 3 is 2.79 bits per heavy atom. The Balaban J connectivity index is 1.88. The van der Waals surface area contributed by atoms with Crippen molar-refractivity contribution in [2.45, 2.75) is 33.7 Å². The molecule has 5 heteroatoms. The minimum absolute atomic E-state index is 0.0688. The minimum atomic E-state index is -0.0688. The number of carbonyl (C=O) groups excluding carboxylic acids is 1. The zero-order valence-electron chi connectivity index (χ0n) is 14.5. The number of rotatable bonds is 4. The summed E-state index contributed by atoms with van der Waals surface area (Å²) in [6.07, 6.45) is 5.40. The number of hydrogen-bond acceptors (Lipinski definition) is 3. The van der Waals surface area contributed by atoms with Gasteiger partial charge in [0.15, 0.2) is 0 Å². The summed E-state index contributed by atoms with van der Waals surface area (Å²) in [6, 6.07) is 6.03. The maximum atomic E-state index is 12.7. The molecule has 24 heavy (non-hydrogen) atoms. The fraction of sp³-hybridized carbons (Fsp3) is 0.316. The zero-order chi connectivity index (χ0) is 17.3. The molecule has 3 aromatic rings. The average Bonchev–Trinajstić information content (AvgIpc) is 3.10. The van der Waals surface area contributed by atoms with E-state index in [2.05, 4.69) is 22.2 Å². The number of imidazole rings is 1. The fourth-order valence-electron chi connectivity index (χ4n) is 2.82. The van der Waals surface area contributed by atoms with Crippen LogP contribution < -0.4 is 5.32 Å². The molecular weight excluding hydrogens is 300 g/mol. The normalized spacial score (nSPS) is 12.3. The van der Waals surface area contributed by atoms with Crippen LogP contribution in [0.4, 0.5) is 0 Å². The van der Waals surface area contributed by atoms with Crippen LogP contribution in [0.3, 0.4) is 0 Å². The molecular formula is C19H22N4O. The van der Waals surface area contributed by atoms with E-state index in [-0.39, 0.29) is 11.9 Å². The predicted octanol–water partition coefficient (Wildman–Crippen LogP) is 3.35. The second-order valence-corrected chi connectivity index (χ2v) is 6.28. The van der Waals surface area contributed by atoms with E-state index in [1.807, 2.05) is 49.7 Å². The highest BCUT2D eigenvalue weighted by Crippen LogP contribution is 2.24. The SMILES string of the molecule is Cc1cc(C(=O)NCC(C)n2ccnc2)c2ccc(C)c(C)c2n1. The molecule has 3 rings (SSSR count).